The molecule has 19 heavy (non-hydrogen) atoms. The van der Waals surface area contributed by atoms with Crippen LogP contribution in [0.25, 0.3) is 0 Å². The fraction of sp³-hybridized carbons (Fsp3) is 0.583. The van der Waals surface area contributed by atoms with E-state index in [1.54, 1.807) is 6.07 Å². The maximum Gasteiger partial charge on any atom is 0.320 e. The van der Waals surface area contributed by atoms with Crippen molar-refractivity contribution in [2.45, 2.75) is 39.7 Å². The van der Waals surface area contributed by atoms with Gasteiger partial charge in [-0.05, 0) is 20.3 Å². The minimum absolute atomic E-state index is 0.0895. The minimum atomic E-state index is -0.947. The lowest BCUT2D eigenvalue weighted by atomic mass is 10.2. The molecule has 0 bridgehead atoms. The van der Waals surface area contributed by atoms with E-state index in [9.17, 15) is 9.59 Å². The third-order valence-electron chi connectivity index (χ3n) is 2.80. The minimum Gasteiger partial charge on any atom is -0.481 e. The van der Waals surface area contributed by atoms with E-state index in [0.717, 1.165) is 12.1 Å². The van der Waals surface area contributed by atoms with Crippen molar-refractivity contribution in [3.8, 4) is 0 Å². The summed E-state index contributed by atoms with van der Waals surface area (Å²) in [6, 6.07) is 1.60. The average molecular weight is 268 g/mol. The molecule has 7 nitrogen and oxygen atoms in total. The molecule has 0 radical (unpaired) electrons. The molecule has 2 amide bonds. The third-order valence-corrected chi connectivity index (χ3v) is 2.80. The number of carboxylic acids is 1. The van der Waals surface area contributed by atoms with Gasteiger partial charge in [-0.25, -0.2) is 4.79 Å². The molecule has 1 aromatic heterocycles. The number of aryl methyl sites for hydroxylation is 1. The first-order valence-corrected chi connectivity index (χ1v) is 6.26. The van der Waals surface area contributed by atoms with Crippen LogP contribution in [0.3, 0.4) is 0 Å². The molecule has 0 aliphatic carbocycles. The third kappa shape index (κ3) is 4.61. The van der Waals surface area contributed by atoms with Gasteiger partial charge in [-0.1, -0.05) is 6.92 Å². The summed E-state index contributed by atoms with van der Waals surface area (Å²) in [7, 11) is 0. The summed E-state index contributed by atoms with van der Waals surface area (Å²) in [4.78, 5) is 21.8. The van der Waals surface area contributed by atoms with Crippen LogP contribution in [0, 0.1) is 6.92 Å². The zero-order valence-electron chi connectivity index (χ0n) is 11.4. The Morgan fingerprint density at radius 3 is 2.79 bits per heavy atom. The summed E-state index contributed by atoms with van der Waals surface area (Å²) in [5, 5.41) is 17.8. The molecule has 0 saturated carbocycles. The van der Waals surface area contributed by atoms with Gasteiger partial charge in [-0.2, -0.15) is 5.10 Å². The summed E-state index contributed by atoms with van der Waals surface area (Å²) >= 11 is 0. The molecule has 0 aromatic carbocycles. The Morgan fingerprint density at radius 2 is 2.21 bits per heavy atom. The lowest BCUT2D eigenvalue weighted by Gasteiger charge is -2.10. The van der Waals surface area contributed by atoms with Crippen LogP contribution in [-0.2, 0) is 4.79 Å². The highest BCUT2D eigenvalue weighted by molar-refractivity contribution is 5.88. The van der Waals surface area contributed by atoms with Gasteiger partial charge in [0.2, 0.25) is 0 Å². The lowest BCUT2D eigenvalue weighted by Crippen LogP contribution is -2.30. The Hall–Kier alpha value is -2.05. The second kappa shape index (κ2) is 6.77. The Balaban J connectivity index is 2.53. The maximum absolute atomic E-state index is 11.5. The molecule has 0 spiro atoms. The number of urea groups is 1. The molecule has 3 N–H and O–H groups in total. The van der Waals surface area contributed by atoms with E-state index in [0.29, 0.717) is 5.82 Å². The van der Waals surface area contributed by atoms with Crippen molar-refractivity contribution in [1.29, 1.82) is 0 Å². The molecule has 7 heteroatoms. The maximum atomic E-state index is 11.5. The number of hydrogen-bond donors (Lipinski definition) is 3. The molecule has 0 aliphatic rings. The molecule has 106 valence electrons. The summed E-state index contributed by atoms with van der Waals surface area (Å²) in [6.07, 6.45) is 0.848. The monoisotopic (exact) mass is 268 g/mol. The van der Waals surface area contributed by atoms with Gasteiger partial charge in [0.1, 0.15) is 0 Å². The van der Waals surface area contributed by atoms with Crippen molar-refractivity contribution < 1.29 is 14.7 Å². The molecular weight excluding hydrogens is 248 g/mol. The molecule has 1 heterocycles. The molecule has 0 fully saturated rings. The smallest absolute Gasteiger partial charge is 0.320 e. The zero-order valence-corrected chi connectivity index (χ0v) is 11.4. The van der Waals surface area contributed by atoms with Gasteiger partial charge in [0, 0.05) is 24.3 Å². The van der Waals surface area contributed by atoms with E-state index in [-0.39, 0.29) is 19.0 Å². The second-order valence-corrected chi connectivity index (χ2v) is 4.40. The summed E-state index contributed by atoms with van der Waals surface area (Å²) in [5.74, 6) is -0.484. The van der Waals surface area contributed by atoms with Crippen LogP contribution in [0.4, 0.5) is 10.6 Å². The lowest BCUT2D eigenvalue weighted by molar-refractivity contribution is -0.136. The number of aromatic nitrogens is 2. The number of rotatable bonds is 6. The summed E-state index contributed by atoms with van der Waals surface area (Å²) < 4.78 is 1.85. The topological polar surface area (TPSA) is 96.3 Å². The fourth-order valence-corrected chi connectivity index (χ4v) is 1.61. The van der Waals surface area contributed by atoms with Crippen LogP contribution in [-0.4, -0.2) is 33.4 Å². The number of carbonyl (C=O) groups is 2. The van der Waals surface area contributed by atoms with Crippen LogP contribution in [0.15, 0.2) is 6.07 Å². The van der Waals surface area contributed by atoms with Gasteiger partial charge >= 0.3 is 12.0 Å². The normalized spacial score (nSPS) is 11.9. The van der Waals surface area contributed by atoms with Crippen molar-refractivity contribution in [2.24, 2.45) is 0 Å². The van der Waals surface area contributed by atoms with Crippen molar-refractivity contribution >= 4 is 17.8 Å². The fourth-order valence-electron chi connectivity index (χ4n) is 1.61. The molecule has 1 aromatic rings. The van der Waals surface area contributed by atoms with Crippen molar-refractivity contribution in [1.82, 2.24) is 15.1 Å². The predicted octanol–water partition coefficient (Wildman–Crippen LogP) is 1.76. The second-order valence-electron chi connectivity index (χ2n) is 4.40. The van der Waals surface area contributed by atoms with Crippen LogP contribution in [0.1, 0.15) is 38.4 Å². The SMILES string of the molecule is CCC(C)n1nc(NC(=O)NCCC(=O)O)cc1C. The number of hydrogen-bond acceptors (Lipinski definition) is 3. The van der Waals surface area contributed by atoms with Gasteiger partial charge in [0.25, 0.3) is 0 Å². The van der Waals surface area contributed by atoms with E-state index in [1.165, 1.54) is 0 Å². The van der Waals surface area contributed by atoms with Crippen molar-refractivity contribution in [3.05, 3.63) is 11.8 Å². The predicted molar refractivity (Wildman–Crippen MR) is 71.2 cm³/mol. The Morgan fingerprint density at radius 1 is 1.53 bits per heavy atom. The zero-order chi connectivity index (χ0) is 14.4. The first-order chi connectivity index (χ1) is 8.93. The summed E-state index contributed by atoms with van der Waals surface area (Å²) in [5.41, 5.74) is 0.968. The first-order valence-electron chi connectivity index (χ1n) is 6.26. The largest absolute Gasteiger partial charge is 0.481 e. The highest BCUT2D eigenvalue weighted by atomic mass is 16.4. The van der Waals surface area contributed by atoms with E-state index < -0.39 is 12.0 Å². The van der Waals surface area contributed by atoms with Gasteiger partial charge in [-0.3, -0.25) is 14.8 Å². The van der Waals surface area contributed by atoms with Gasteiger partial charge < -0.3 is 10.4 Å². The number of amides is 2. The van der Waals surface area contributed by atoms with Crippen LogP contribution < -0.4 is 10.6 Å². The van der Waals surface area contributed by atoms with E-state index in [4.69, 9.17) is 5.11 Å². The van der Waals surface area contributed by atoms with Crippen LogP contribution in [0.2, 0.25) is 0 Å². The molecule has 1 unspecified atom stereocenters. The number of nitrogens with zero attached hydrogens (tertiary/aromatic N) is 2. The van der Waals surface area contributed by atoms with E-state index >= 15 is 0 Å². The molecule has 1 atom stereocenters. The quantitative estimate of drug-likeness (QED) is 0.732. The van der Waals surface area contributed by atoms with Crippen LogP contribution >= 0.6 is 0 Å². The highest BCUT2D eigenvalue weighted by Crippen LogP contribution is 2.16. The van der Waals surface area contributed by atoms with Crippen LogP contribution in [0.5, 0.6) is 0 Å². The first kappa shape index (κ1) is 15.0. The Bertz CT molecular complexity index is 456. The Labute approximate surface area is 112 Å². The van der Waals surface area contributed by atoms with E-state index in [1.807, 2.05) is 11.6 Å². The molecule has 0 aliphatic heterocycles. The molecule has 0 saturated heterocycles. The number of anilines is 1. The van der Waals surface area contributed by atoms with Gasteiger partial charge in [0.15, 0.2) is 5.82 Å². The summed E-state index contributed by atoms with van der Waals surface area (Å²) in [6.45, 7) is 6.13. The van der Waals surface area contributed by atoms with Crippen molar-refractivity contribution in [2.75, 3.05) is 11.9 Å². The number of aliphatic carboxylic acids is 1. The number of carboxylic acid groups (broad SMARTS) is 1. The molecular formula is C12H20N4O3. The van der Waals surface area contributed by atoms with Gasteiger partial charge in [-0.15, -0.1) is 0 Å². The Kier molecular flexibility index (Phi) is 5.35. The average Bonchev–Trinajstić information content (AvgIpc) is 2.68. The number of carbonyl (C=O) groups excluding carboxylic acids is 1. The van der Waals surface area contributed by atoms with Crippen molar-refractivity contribution in [3.63, 3.8) is 0 Å². The highest BCUT2D eigenvalue weighted by Gasteiger charge is 2.11. The van der Waals surface area contributed by atoms with Gasteiger partial charge in [0.05, 0.1) is 6.42 Å². The standard InChI is InChI=1S/C12H20N4O3/c1-4-8(2)16-9(3)7-10(15-16)14-12(19)13-6-5-11(17)18/h7-8H,4-6H2,1-3H3,(H,17,18)(H2,13,14,15,19). The number of nitrogens with one attached hydrogen (secondary N) is 2. The van der Waals surface area contributed by atoms with E-state index in [2.05, 4.69) is 29.6 Å². The molecule has 1 rings (SSSR count).